The average Bonchev–Trinajstić information content (AvgIpc) is 3.55. The molecule has 0 aliphatic carbocycles. The SMILES string of the molecule is C=CCOC(=O)[C@H]1[C@@H]2OC3(CC2Br)C(C(=O)N(CC=C)c2ccc(Cl)cc2)N([C@H](CO)c2ccccc2)C(=O)[C@H]13. The van der Waals surface area contributed by atoms with Crippen LogP contribution in [0, 0.1) is 11.8 Å². The van der Waals surface area contributed by atoms with E-state index in [4.69, 9.17) is 21.1 Å². The molecule has 7 atom stereocenters. The minimum atomic E-state index is -1.32. The van der Waals surface area contributed by atoms with Crippen LogP contribution >= 0.6 is 27.5 Å². The van der Waals surface area contributed by atoms with Gasteiger partial charge in [0.2, 0.25) is 5.91 Å². The lowest BCUT2D eigenvalue weighted by Gasteiger charge is -2.39. The van der Waals surface area contributed by atoms with Crippen molar-refractivity contribution in [2.75, 3.05) is 24.7 Å². The molecule has 5 rings (SSSR count). The van der Waals surface area contributed by atoms with Crippen molar-refractivity contribution in [2.24, 2.45) is 11.8 Å². The van der Waals surface area contributed by atoms with Gasteiger partial charge >= 0.3 is 5.97 Å². The Morgan fingerprint density at radius 1 is 1.20 bits per heavy atom. The molecule has 2 amide bonds. The summed E-state index contributed by atoms with van der Waals surface area (Å²) in [5.74, 6) is -3.31. The van der Waals surface area contributed by atoms with Crippen LogP contribution in [0.1, 0.15) is 18.0 Å². The van der Waals surface area contributed by atoms with E-state index in [1.54, 1.807) is 54.6 Å². The Hall–Kier alpha value is -2.98. The molecule has 210 valence electrons. The molecular weight excluding hydrogens is 600 g/mol. The second-order valence-electron chi connectivity index (χ2n) is 10.2. The Morgan fingerprint density at radius 3 is 2.52 bits per heavy atom. The summed E-state index contributed by atoms with van der Waals surface area (Å²) in [7, 11) is 0. The third kappa shape index (κ3) is 4.59. The Kier molecular flexibility index (Phi) is 8.20. The Labute approximate surface area is 246 Å². The van der Waals surface area contributed by atoms with Crippen molar-refractivity contribution < 1.29 is 29.0 Å². The number of fused-ring (bicyclic) bond motifs is 1. The lowest BCUT2D eigenvalue weighted by molar-refractivity contribution is -0.154. The van der Waals surface area contributed by atoms with Gasteiger partial charge in [-0.3, -0.25) is 14.4 Å². The number of benzene rings is 2. The molecule has 3 aliphatic rings. The monoisotopic (exact) mass is 628 g/mol. The highest BCUT2D eigenvalue weighted by Gasteiger charge is 2.77. The van der Waals surface area contributed by atoms with Gasteiger partial charge in [0.05, 0.1) is 30.6 Å². The van der Waals surface area contributed by atoms with E-state index in [-0.39, 0.29) is 18.0 Å². The van der Waals surface area contributed by atoms with Crippen molar-refractivity contribution in [1.29, 1.82) is 0 Å². The minimum Gasteiger partial charge on any atom is -0.461 e. The van der Waals surface area contributed by atoms with Gasteiger partial charge in [-0.15, -0.1) is 6.58 Å². The fraction of sp³-hybridized carbons (Fsp3) is 0.367. The van der Waals surface area contributed by atoms with Gasteiger partial charge < -0.3 is 24.4 Å². The fourth-order valence-electron chi connectivity index (χ4n) is 6.44. The molecule has 1 N–H and O–H groups in total. The van der Waals surface area contributed by atoms with Crippen LogP contribution in [0.5, 0.6) is 0 Å². The topological polar surface area (TPSA) is 96.4 Å². The number of carbonyl (C=O) groups is 3. The van der Waals surface area contributed by atoms with E-state index in [2.05, 4.69) is 29.1 Å². The molecule has 3 aliphatic heterocycles. The van der Waals surface area contributed by atoms with Gasteiger partial charge in [-0.05, 0) is 36.2 Å². The number of amides is 2. The lowest BCUT2D eigenvalue weighted by atomic mass is 9.70. The van der Waals surface area contributed by atoms with E-state index in [1.807, 2.05) is 6.07 Å². The zero-order chi connectivity index (χ0) is 28.6. The minimum absolute atomic E-state index is 0.0120. The van der Waals surface area contributed by atoms with Gasteiger partial charge in [-0.2, -0.15) is 0 Å². The molecule has 3 unspecified atom stereocenters. The highest BCUT2D eigenvalue weighted by molar-refractivity contribution is 9.09. The maximum Gasteiger partial charge on any atom is 0.312 e. The second-order valence-corrected chi connectivity index (χ2v) is 11.8. The summed E-state index contributed by atoms with van der Waals surface area (Å²) >= 11 is 9.76. The van der Waals surface area contributed by atoms with Crippen molar-refractivity contribution >= 4 is 51.0 Å². The van der Waals surface area contributed by atoms with Crippen LogP contribution in [-0.4, -0.2) is 70.1 Å². The fourth-order valence-corrected chi connectivity index (χ4v) is 7.51. The van der Waals surface area contributed by atoms with Crippen molar-refractivity contribution in [3.63, 3.8) is 0 Å². The van der Waals surface area contributed by atoms with Crippen molar-refractivity contribution in [1.82, 2.24) is 4.90 Å². The van der Waals surface area contributed by atoms with E-state index >= 15 is 0 Å². The quantitative estimate of drug-likeness (QED) is 0.242. The number of hydrogen-bond acceptors (Lipinski definition) is 6. The second kappa shape index (κ2) is 11.5. The molecule has 0 saturated carbocycles. The van der Waals surface area contributed by atoms with E-state index < -0.39 is 60.0 Å². The molecular formula is C30H30BrClN2O6. The summed E-state index contributed by atoms with van der Waals surface area (Å²) in [6.07, 6.45) is 2.72. The Bertz CT molecular complexity index is 1310. The van der Waals surface area contributed by atoms with Gasteiger partial charge in [-0.25, -0.2) is 0 Å². The zero-order valence-corrected chi connectivity index (χ0v) is 24.0. The third-order valence-corrected chi connectivity index (χ3v) is 9.08. The predicted octanol–water partition coefficient (Wildman–Crippen LogP) is 4.07. The number of anilines is 1. The number of likely N-dealkylation sites (tertiary alicyclic amines) is 1. The van der Waals surface area contributed by atoms with Gasteiger partial charge in [0.25, 0.3) is 5.91 Å². The van der Waals surface area contributed by atoms with E-state index in [9.17, 15) is 19.5 Å². The Morgan fingerprint density at radius 2 is 1.90 bits per heavy atom. The van der Waals surface area contributed by atoms with Crippen molar-refractivity contribution in [2.45, 2.75) is 35.0 Å². The first-order valence-corrected chi connectivity index (χ1v) is 14.3. The van der Waals surface area contributed by atoms with Gasteiger partial charge in [0, 0.05) is 22.1 Å². The Balaban J connectivity index is 1.65. The van der Waals surface area contributed by atoms with E-state index in [1.165, 1.54) is 15.9 Å². The molecule has 0 radical (unpaired) electrons. The van der Waals surface area contributed by atoms with Gasteiger partial charge in [0.15, 0.2) is 0 Å². The maximum atomic E-state index is 14.7. The molecule has 0 aromatic heterocycles. The van der Waals surface area contributed by atoms with Crippen LogP contribution in [0.25, 0.3) is 0 Å². The number of aliphatic hydroxyl groups excluding tert-OH is 1. The molecule has 1 spiro atoms. The number of aliphatic hydroxyl groups is 1. The number of carbonyl (C=O) groups excluding carboxylic acids is 3. The first-order valence-electron chi connectivity index (χ1n) is 13.0. The number of ether oxygens (including phenoxy) is 2. The number of alkyl halides is 1. The molecule has 8 nitrogen and oxygen atoms in total. The first kappa shape index (κ1) is 28.5. The normalized spacial score (nSPS) is 29.1. The third-order valence-electron chi connectivity index (χ3n) is 7.99. The summed E-state index contributed by atoms with van der Waals surface area (Å²) in [6.45, 7) is 7.13. The molecule has 2 bridgehead atoms. The lowest BCUT2D eigenvalue weighted by Crippen LogP contribution is -2.57. The van der Waals surface area contributed by atoms with Crippen LogP contribution in [-0.2, 0) is 23.9 Å². The molecule has 3 heterocycles. The highest BCUT2D eigenvalue weighted by Crippen LogP contribution is 2.61. The summed E-state index contributed by atoms with van der Waals surface area (Å²) in [6, 6.07) is 13.8. The summed E-state index contributed by atoms with van der Waals surface area (Å²) < 4.78 is 11.9. The number of rotatable bonds is 10. The van der Waals surface area contributed by atoms with Crippen LogP contribution in [0.3, 0.4) is 0 Å². The van der Waals surface area contributed by atoms with Gasteiger partial charge in [-0.1, -0.05) is 76.6 Å². The standard InChI is InChI=1S/C30H30BrClN2O6/c1-3-14-33(20-12-10-19(32)11-13-20)28(37)26-30-16-21(31)25(40-30)23(29(38)39-15-4-2)24(30)27(36)34(26)22(17-35)18-8-6-5-7-9-18/h3-13,21-26,35H,1-2,14-17H2/t21?,22-,23-,24+,25-,26?,30?/m1/s1. The maximum absolute atomic E-state index is 14.7. The summed E-state index contributed by atoms with van der Waals surface area (Å²) in [5, 5.41) is 11.1. The number of hydrogen-bond donors (Lipinski definition) is 1. The number of esters is 1. The van der Waals surface area contributed by atoms with E-state index in [0.29, 0.717) is 22.7 Å². The molecule has 2 aromatic carbocycles. The van der Waals surface area contributed by atoms with Crippen molar-refractivity contribution in [3.05, 3.63) is 90.5 Å². The highest BCUT2D eigenvalue weighted by atomic mass is 79.9. The van der Waals surface area contributed by atoms with Crippen LogP contribution in [0.2, 0.25) is 5.02 Å². The average molecular weight is 630 g/mol. The van der Waals surface area contributed by atoms with Gasteiger partial charge in [0.1, 0.15) is 18.2 Å². The van der Waals surface area contributed by atoms with Crippen LogP contribution < -0.4 is 4.90 Å². The van der Waals surface area contributed by atoms with Crippen LogP contribution in [0.15, 0.2) is 79.9 Å². The number of halogens is 2. The van der Waals surface area contributed by atoms with Crippen LogP contribution in [0.4, 0.5) is 5.69 Å². The molecule has 40 heavy (non-hydrogen) atoms. The van der Waals surface area contributed by atoms with Crippen molar-refractivity contribution in [3.8, 4) is 0 Å². The predicted molar refractivity (Wildman–Crippen MR) is 154 cm³/mol. The largest absolute Gasteiger partial charge is 0.461 e. The smallest absolute Gasteiger partial charge is 0.312 e. The summed E-state index contributed by atoms with van der Waals surface area (Å²) in [4.78, 5) is 45.0. The zero-order valence-electron chi connectivity index (χ0n) is 21.7. The van der Waals surface area contributed by atoms with E-state index in [0.717, 1.165) is 0 Å². The number of nitrogens with zero attached hydrogens (tertiary/aromatic N) is 2. The summed E-state index contributed by atoms with van der Waals surface area (Å²) in [5.41, 5.74) is -0.101. The molecule has 3 fully saturated rings. The molecule has 3 saturated heterocycles. The molecule has 2 aromatic rings. The first-order chi connectivity index (χ1) is 19.3. The molecule has 10 heteroatoms.